The van der Waals surface area contributed by atoms with Gasteiger partial charge in [-0.15, -0.1) is 0 Å². The zero-order valence-corrected chi connectivity index (χ0v) is 6.57. The van der Waals surface area contributed by atoms with Crippen LogP contribution in [0.3, 0.4) is 0 Å². The van der Waals surface area contributed by atoms with E-state index in [-0.39, 0.29) is 0 Å². The second kappa shape index (κ2) is 4.15. The summed E-state index contributed by atoms with van der Waals surface area (Å²) in [5.41, 5.74) is 0.479. The lowest BCUT2D eigenvalue weighted by Gasteiger charge is -1.99. The van der Waals surface area contributed by atoms with E-state index in [9.17, 15) is 9.18 Å². The van der Waals surface area contributed by atoms with E-state index >= 15 is 0 Å². The number of nitriles is 1. The summed E-state index contributed by atoms with van der Waals surface area (Å²) in [5.74, 6) is -0.393. The number of hydrogen-bond acceptors (Lipinski definition) is 3. The topological polar surface area (TPSA) is 53.2 Å². The van der Waals surface area contributed by atoms with Gasteiger partial charge in [-0.2, -0.15) is 10.3 Å². The highest BCUT2D eigenvalue weighted by atomic mass is 19.1. The first-order valence-electron chi connectivity index (χ1n) is 3.50. The van der Waals surface area contributed by atoms with Gasteiger partial charge in [-0.25, -0.2) is 9.18 Å². The SMILES string of the molecule is N#CC(N=C=O)c1ccc(F)cc1. The summed E-state index contributed by atoms with van der Waals surface area (Å²) in [6, 6.07) is 6.13. The lowest BCUT2D eigenvalue weighted by Crippen LogP contribution is -1.91. The molecule has 1 atom stereocenters. The molecule has 1 rings (SSSR count). The van der Waals surface area contributed by atoms with Gasteiger partial charge in [0.15, 0.2) is 6.04 Å². The number of nitrogens with zero attached hydrogens (tertiary/aromatic N) is 2. The van der Waals surface area contributed by atoms with E-state index < -0.39 is 11.9 Å². The van der Waals surface area contributed by atoms with Gasteiger partial charge in [-0.05, 0) is 17.7 Å². The summed E-state index contributed by atoms with van der Waals surface area (Å²) >= 11 is 0. The van der Waals surface area contributed by atoms with Crippen molar-refractivity contribution in [3.05, 3.63) is 35.6 Å². The maximum absolute atomic E-state index is 12.4. The van der Waals surface area contributed by atoms with Crippen LogP contribution >= 0.6 is 0 Å². The van der Waals surface area contributed by atoms with Gasteiger partial charge in [0, 0.05) is 0 Å². The van der Waals surface area contributed by atoms with Crippen LogP contribution in [0.2, 0.25) is 0 Å². The molecule has 0 bridgehead atoms. The Labute approximate surface area is 74.1 Å². The molecule has 0 N–H and O–H groups in total. The highest BCUT2D eigenvalue weighted by molar-refractivity contribution is 5.37. The molecule has 0 heterocycles. The van der Waals surface area contributed by atoms with Gasteiger partial charge in [0.25, 0.3) is 0 Å². The Hall–Kier alpha value is -1.98. The number of benzene rings is 1. The van der Waals surface area contributed by atoms with Crippen molar-refractivity contribution < 1.29 is 9.18 Å². The number of rotatable bonds is 2. The van der Waals surface area contributed by atoms with Gasteiger partial charge >= 0.3 is 0 Å². The third kappa shape index (κ3) is 2.22. The van der Waals surface area contributed by atoms with Crippen LogP contribution in [0.15, 0.2) is 29.3 Å². The largest absolute Gasteiger partial charge is 0.236 e. The van der Waals surface area contributed by atoms with Gasteiger partial charge in [0.1, 0.15) is 5.82 Å². The minimum atomic E-state index is -0.891. The molecular formula is C9H5FN2O. The molecule has 64 valence electrons. The summed E-state index contributed by atoms with van der Waals surface area (Å²) in [5, 5.41) is 8.56. The molecule has 3 nitrogen and oxygen atoms in total. The van der Waals surface area contributed by atoms with Crippen LogP contribution in [0.4, 0.5) is 4.39 Å². The Bertz CT molecular complexity index is 374. The zero-order valence-electron chi connectivity index (χ0n) is 6.57. The van der Waals surface area contributed by atoms with Gasteiger partial charge in [-0.1, -0.05) is 12.1 Å². The van der Waals surface area contributed by atoms with Crippen molar-refractivity contribution in [2.45, 2.75) is 6.04 Å². The molecular weight excluding hydrogens is 171 g/mol. The average molecular weight is 176 g/mol. The third-order valence-corrected chi connectivity index (χ3v) is 1.49. The molecule has 13 heavy (non-hydrogen) atoms. The van der Waals surface area contributed by atoms with Crippen molar-refractivity contribution >= 4 is 6.08 Å². The molecule has 0 aromatic heterocycles. The normalized spacial score (nSPS) is 11.1. The molecule has 0 radical (unpaired) electrons. The van der Waals surface area contributed by atoms with Crippen LogP contribution < -0.4 is 0 Å². The van der Waals surface area contributed by atoms with Crippen LogP contribution in [0.5, 0.6) is 0 Å². The second-order valence-corrected chi connectivity index (χ2v) is 2.30. The fourth-order valence-corrected chi connectivity index (χ4v) is 0.876. The van der Waals surface area contributed by atoms with Crippen LogP contribution in [-0.4, -0.2) is 6.08 Å². The van der Waals surface area contributed by atoms with Crippen molar-refractivity contribution in [3.63, 3.8) is 0 Å². The maximum atomic E-state index is 12.4. The molecule has 1 unspecified atom stereocenters. The smallest absolute Gasteiger partial charge is 0.211 e. The summed E-state index contributed by atoms with van der Waals surface area (Å²) in [7, 11) is 0. The zero-order chi connectivity index (χ0) is 9.68. The number of hydrogen-bond donors (Lipinski definition) is 0. The lowest BCUT2D eigenvalue weighted by molar-refractivity contribution is 0.561. The Morgan fingerprint density at radius 3 is 2.46 bits per heavy atom. The monoisotopic (exact) mass is 176 g/mol. The molecule has 0 spiro atoms. The Morgan fingerprint density at radius 2 is 2.00 bits per heavy atom. The number of carbonyl (C=O) groups excluding carboxylic acids is 1. The number of isocyanates is 1. The molecule has 0 saturated heterocycles. The van der Waals surface area contributed by atoms with Crippen molar-refractivity contribution in [3.8, 4) is 6.07 Å². The van der Waals surface area contributed by atoms with Gasteiger partial charge in [-0.3, -0.25) is 0 Å². The predicted molar refractivity (Wildman–Crippen MR) is 42.9 cm³/mol. The molecule has 4 heteroatoms. The van der Waals surface area contributed by atoms with Crippen molar-refractivity contribution in [1.82, 2.24) is 0 Å². The van der Waals surface area contributed by atoms with E-state index in [1.54, 1.807) is 6.07 Å². The van der Waals surface area contributed by atoms with E-state index in [2.05, 4.69) is 4.99 Å². The van der Waals surface area contributed by atoms with Crippen LogP contribution in [0.1, 0.15) is 11.6 Å². The standard InChI is InChI=1S/C9H5FN2O/c10-8-3-1-7(2-4-8)9(5-11)12-6-13/h1-4,9H. The number of halogens is 1. The Kier molecular flexibility index (Phi) is 2.91. The highest BCUT2D eigenvalue weighted by Gasteiger charge is 2.07. The van der Waals surface area contributed by atoms with E-state index in [4.69, 9.17) is 5.26 Å². The predicted octanol–water partition coefficient (Wildman–Crippen LogP) is 1.73. The lowest BCUT2D eigenvalue weighted by atomic mass is 10.1. The van der Waals surface area contributed by atoms with Gasteiger partial charge in [0.2, 0.25) is 6.08 Å². The van der Waals surface area contributed by atoms with Crippen LogP contribution in [-0.2, 0) is 4.79 Å². The molecule has 0 amide bonds. The first kappa shape index (κ1) is 9.11. The van der Waals surface area contributed by atoms with Gasteiger partial charge < -0.3 is 0 Å². The fraction of sp³-hybridized carbons (Fsp3) is 0.111. The minimum absolute atomic E-state index is 0.393. The first-order chi connectivity index (χ1) is 6.27. The fourth-order valence-electron chi connectivity index (χ4n) is 0.876. The summed E-state index contributed by atoms with van der Waals surface area (Å²) < 4.78 is 12.4. The maximum Gasteiger partial charge on any atom is 0.236 e. The molecule has 0 fully saturated rings. The molecule has 0 aliphatic heterocycles. The van der Waals surface area contributed by atoms with E-state index in [1.807, 2.05) is 0 Å². The summed E-state index contributed by atoms with van der Waals surface area (Å²) in [6.45, 7) is 0. The minimum Gasteiger partial charge on any atom is -0.211 e. The third-order valence-electron chi connectivity index (χ3n) is 1.49. The van der Waals surface area contributed by atoms with E-state index in [1.165, 1.54) is 30.3 Å². The molecule has 0 aliphatic rings. The molecule has 0 saturated carbocycles. The first-order valence-corrected chi connectivity index (χ1v) is 3.50. The quantitative estimate of drug-likeness (QED) is 0.509. The molecule has 1 aromatic carbocycles. The van der Waals surface area contributed by atoms with Gasteiger partial charge in [0.05, 0.1) is 6.07 Å². The Morgan fingerprint density at radius 1 is 1.38 bits per heavy atom. The van der Waals surface area contributed by atoms with Crippen molar-refractivity contribution in [1.29, 1.82) is 5.26 Å². The highest BCUT2D eigenvalue weighted by Crippen LogP contribution is 2.15. The van der Waals surface area contributed by atoms with Crippen molar-refractivity contribution in [2.24, 2.45) is 4.99 Å². The Balaban J connectivity index is 3.00. The van der Waals surface area contributed by atoms with Crippen LogP contribution in [0, 0.1) is 17.1 Å². The second-order valence-electron chi connectivity index (χ2n) is 2.30. The molecule has 0 aliphatic carbocycles. The van der Waals surface area contributed by atoms with E-state index in [0.29, 0.717) is 5.56 Å². The van der Waals surface area contributed by atoms with Crippen LogP contribution in [0.25, 0.3) is 0 Å². The summed E-state index contributed by atoms with van der Waals surface area (Å²) in [4.78, 5) is 13.2. The van der Waals surface area contributed by atoms with Crippen molar-refractivity contribution in [2.75, 3.05) is 0 Å². The summed E-state index contributed by atoms with van der Waals surface area (Å²) in [6.07, 6.45) is 1.29. The average Bonchev–Trinajstić information content (AvgIpc) is 2.16. The molecule has 1 aromatic rings. The number of aliphatic imine (C=N–C) groups is 1. The van der Waals surface area contributed by atoms with E-state index in [0.717, 1.165) is 0 Å².